The van der Waals surface area contributed by atoms with Gasteiger partial charge in [-0.1, -0.05) is 0 Å². The summed E-state index contributed by atoms with van der Waals surface area (Å²) in [4.78, 5) is 17.9. The van der Waals surface area contributed by atoms with Gasteiger partial charge in [0.15, 0.2) is 0 Å². The van der Waals surface area contributed by atoms with Gasteiger partial charge >= 0.3 is 0 Å². The lowest BCUT2D eigenvalue weighted by atomic mass is 10.1. The van der Waals surface area contributed by atoms with Gasteiger partial charge in [0.25, 0.3) is 0 Å². The van der Waals surface area contributed by atoms with Crippen LogP contribution in [0.5, 0.6) is 0 Å². The molecule has 0 spiro atoms. The van der Waals surface area contributed by atoms with E-state index in [4.69, 9.17) is 0 Å². The van der Waals surface area contributed by atoms with Gasteiger partial charge in [-0.2, -0.15) is 0 Å². The van der Waals surface area contributed by atoms with Crippen LogP contribution >= 0.6 is 0 Å². The van der Waals surface area contributed by atoms with Crippen molar-refractivity contribution in [3.63, 3.8) is 0 Å². The molecule has 0 radical (unpaired) electrons. The Kier molecular flexibility index (Phi) is 5.68. The number of piperidine rings is 1. The predicted molar refractivity (Wildman–Crippen MR) is 100 cm³/mol. The normalized spacial score (nSPS) is 15.5. The second kappa shape index (κ2) is 7.97. The van der Waals surface area contributed by atoms with Crippen molar-refractivity contribution in [2.45, 2.75) is 30.6 Å². The number of anilines is 1. The smallest absolute Gasteiger partial charge is 0.242 e. The number of aromatic nitrogens is 1. The molecule has 1 aliphatic heterocycles. The van der Waals surface area contributed by atoms with E-state index in [1.807, 2.05) is 12.1 Å². The zero-order chi connectivity index (χ0) is 18.6. The zero-order valence-corrected chi connectivity index (χ0v) is 15.7. The number of hydrogen-bond acceptors (Lipinski definition) is 4. The molecule has 0 N–H and O–H groups in total. The summed E-state index contributed by atoms with van der Waals surface area (Å²) < 4.78 is 26.8. The Balaban J connectivity index is 1.69. The Morgan fingerprint density at radius 1 is 1.08 bits per heavy atom. The van der Waals surface area contributed by atoms with Crippen LogP contribution in [0.15, 0.2) is 53.7 Å². The Morgan fingerprint density at radius 3 is 2.42 bits per heavy atom. The molecule has 0 aliphatic carbocycles. The number of likely N-dealkylation sites (N-methyl/N-ethyl adjacent to an activating group) is 1. The fourth-order valence-corrected chi connectivity index (χ4v) is 4.18. The minimum Gasteiger partial charge on any atom is -0.312 e. The number of sulfonamides is 1. The van der Waals surface area contributed by atoms with Crippen LogP contribution in [0.1, 0.15) is 24.8 Å². The van der Waals surface area contributed by atoms with Gasteiger partial charge in [0.1, 0.15) is 0 Å². The topological polar surface area (TPSA) is 70.6 Å². The summed E-state index contributed by atoms with van der Waals surface area (Å²) in [5.74, 6) is 0.0985. The first-order valence-electron chi connectivity index (χ1n) is 8.74. The van der Waals surface area contributed by atoms with Gasteiger partial charge < -0.3 is 4.90 Å². The molecular formula is C19H23N3O3S. The number of rotatable bonds is 6. The lowest BCUT2D eigenvalue weighted by Gasteiger charge is -2.27. The molecule has 2 heterocycles. The van der Waals surface area contributed by atoms with Crippen LogP contribution in [0.25, 0.3) is 0 Å². The third kappa shape index (κ3) is 4.11. The molecule has 1 amide bonds. The standard InChI is InChI=1S/C19H23N3O3S/c1-21(15-11-16-9-12-20-13-10-16)26(24,25)18-7-5-17(6-8-18)22-14-3-2-4-19(22)23/h5-10,12-13H,2-4,11,14-15H2,1H3. The SMILES string of the molecule is CN(CCc1ccncc1)S(=O)(=O)c1ccc(N2CCCCC2=O)cc1. The molecule has 3 rings (SSSR count). The third-order valence-corrected chi connectivity index (χ3v) is 6.52. The number of carbonyl (C=O) groups is 1. The minimum atomic E-state index is -3.56. The third-order valence-electron chi connectivity index (χ3n) is 4.64. The van der Waals surface area contributed by atoms with Crippen molar-refractivity contribution in [3.05, 3.63) is 54.4 Å². The first kappa shape index (κ1) is 18.5. The number of hydrogen-bond donors (Lipinski definition) is 0. The molecule has 7 heteroatoms. The van der Waals surface area contributed by atoms with Crippen LogP contribution in [-0.2, 0) is 21.2 Å². The van der Waals surface area contributed by atoms with E-state index in [9.17, 15) is 13.2 Å². The van der Waals surface area contributed by atoms with Crippen molar-refractivity contribution in [2.75, 3.05) is 25.0 Å². The Labute approximate surface area is 154 Å². The summed E-state index contributed by atoms with van der Waals surface area (Å²) >= 11 is 0. The molecule has 1 aromatic carbocycles. The maximum absolute atomic E-state index is 12.7. The summed E-state index contributed by atoms with van der Waals surface area (Å²) in [5.41, 5.74) is 1.80. The molecular weight excluding hydrogens is 350 g/mol. The predicted octanol–water partition coefficient (Wildman–Crippen LogP) is 2.46. The molecule has 6 nitrogen and oxygen atoms in total. The molecule has 1 aliphatic rings. The van der Waals surface area contributed by atoms with Crippen molar-refractivity contribution in [2.24, 2.45) is 0 Å². The molecule has 2 aromatic rings. The minimum absolute atomic E-state index is 0.0985. The summed E-state index contributed by atoms with van der Waals surface area (Å²) in [6.45, 7) is 1.08. The molecule has 1 fully saturated rings. The van der Waals surface area contributed by atoms with Crippen LogP contribution in [-0.4, -0.2) is 43.8 Å². The van der Waals surface area contributed by atoms with Crippen LogP contribution < -0.4 is 4.90 Å². The van der Waals surface area contributed by atoms with Gasteiger partial charge in [-0.3, -0.25) is 9.78 Å². The van der Waals surface area contributed by atoms with E-state index in [0.717, 1.165) is 24.1 Å². The quantitative estimate of drug-likeness (QED) is 0.780. The molecule has 1 aromatic heterocycles. The molecule has 0 bridgehead atoms. The van der Waals surface area contributed by atoms with Crippen molar-refractivity contribution in [1.82, 2.24) is 9.29 Å². The second-order valence-electron chi connectivity index (χ2n) is 6.43. The number of carbonyl (C=O) groups excluding carboxylic acids is 1. The highest BCUT2D eigenvalue weighted by Gasteiger charge is 2.23. The molecule has 0 saturated carbocycles. The number of pyridine rings is 1. The number of benzene rings is 1. The average molecular weight is 373 g/mol. The van der Waals surface area contributed by atoms with E-state index >= 15 is 0 Å². The highest BCUT2D eigenvalue weighted by molar-refractivity contribution is 7.89. The monoisotopic (exact) mass is 373 g/mol. The van der Waals surface area contributed by atoms with Crippen LogP contribution in [0.4, 0.5) is 5.69 Å². The summed E-state index contributed by atoms with van der Waals surface area (Å²) in [5, 5.41) is 0. The van der Waals surface area contributed by atoms with E-state index in [1.54, 1.807) is 48.6 Å². The number of amides is 1. The van der Waals surface area contributed by atoms with Gasteiger partial charge in [0.2, 0.25) is 15.9 Å². The fraction of sp³-hybridized carbons (Fsp3) is 0.368. The van der Waals surface area contributed by atoms with Crippen molar-refractivity contribution in [1.29, 1.82) is 0 Å². The van der Waals surface area contributed by atoms with Gasteiger partial charge in [0.05, 0.1) is 4.90 Å². The van der Waals surface area contributed by atoms with Crippen LogP contribution in [0.3, 0.4) is 0 Å². The van der Waals surface area contributed by atoms with E-state index in [-0.39, 0.29) is 10.8 Å². The fourth-order valence-electron chi connectivity index (χ4n) is 3.01. The average Bonchev–Trinajstić information content (AvgIpc) is 2.67. The summed E-state index contributed by atoms with van der Waals surface area (Å²) in [7, 11) is -1.97. The first-order chi connectivity index (χ1) is 12.5. The van der Waals surface area contributed by atoms with Gasteiger partial charge in [-0.15, -0.1) is 0 Å². The van der Waals surface area contributed by atoms with Gasteiger partial charge in [0, 0.05) is 44.6 Å². The molecule has 138 valence electrons. The van der Waals surface area contributed by atoms with Crippen molar-refractivity contribution < 1.29 is 13.2 Å². The second-order valence-corrected chi connectivity index (χ2v) is 8.47. The molecule has 0 unspecified atom stereocenters. The highest BCUT2D eigenvalue weighted by atomic mass is 32.2. The van der Waals surface area contributed by atoms with Crippen LogP contribution in [0, 0.1) is 0 Å². The Morgan fingerprint density at radius 2 is 1.77 bits per heavy atom. The largest absolute Gasteiger partial charge is 0.312 e. The van der Waals surface area contributed by atoms with E-state index in [0.29, 0.717) is 25.9 Å². The Bertz CT molecular complexity index is 851. The molecule has 1 saturated heterocycles. The maximum Gasteiger partial charge on any atom is 0.242 e. The molecule has 26 heavy (non-hydrogen) atoms. The van der Waals surface area contributed by atoms with Crippen molar-refractivity contribution in [3.8, 4) is 0 Å². The van der Waals surface area contributed by atoms with E-state index in [1.165, 1.54) is 4.31 Å². The Hall–Kier alpha value is -2.25. The van der Waals surface area contributed by atoms with Crippen molar-refractivity contribution >= 4 is 21.6 Å². The van der Waals surface area contributed by atoms with E-state index in [2.05, 4.69) is 4.98 Å². The summed E-state index contributed by atoms with van der Waals surface area (Å²) in [6.07, 6.45) is 6.47. The lowest BCUT2D eigenvalue weighted by molar-refractivity contribution is -0.119. The van der Waals surface area contributed by atoms with Gasteiger partial charge in [-0.25, -0.2) is 12.7 Å². The van der Waals surface area contributed by atoms with Gasteiger partial charge in [-0.05, 0) is 61.2 Å². The zero-order valence-electron chi connectivity index (χ0n) is 14.8. The molecule has 0 atom stereocenters. The lowest BCUT2D eigenvalue weighted by Crippen LogP contribution is -2.35. The van der Waals surface area contributed by atoms with Crippen LogP contribution in [0.2, 0.25) is 0 Å². The van der Waals surface area contributed by atoms with E-state index < -0.39 is 10.0 Å². The summed E-state index contributed by atoms with van der Waals surface area (Å²) in [6, 6.07) is 10.3. The maximum atomic E-state index is 12.7. The number of nitrogens with zero attached hydrogens (tertiary/aromatic N) is 3. The highest BCUT2D eigenvalue weighted by Crippen LogP contribution is 2.23. The first-order valence-corrected chi connectivity index (χ1v) is 10.2.